The Morgan fingerprint density at radius 3 is 2.05 bits per heavy atom. The van der Waals surface area contributed by atoms with Crippen LogP contribution in [0.5, 0.6) is 0 Å². The van der Waals surface area contributed by atoms with E-state index in [4.69, 9.17) is 4.74 Å². The Kier molecular flexibility index (Phi) is 7.43. The fraction of sp³-hybridized carbons (Fsp3) is 0.737. The van der Waals surface area contributed by atoms with Gasteiger partial charge in [-0.15, -0.1) is 0 Å². The van der Waals surface area contributed by atoms with Gasteiger partial charge in [-0.25, -0.2) is 4.79 Å². The minimum Gasteiger partial charge on any atom is -0.456 e. The lowest BCUT2D eigenvalue weighted by molar-refractivity contribution is -0.151. The van der Waals surface area contributed by atoms with Crippen molar-refractivity contribution in [2.75, 3.05) is 0 Å². The maximum absolute atomic E-state index is 12.2. The Morgan fingerprint density at radius 1 is 1.14 bits per heavy atom. The highest BCUT2D eigenvalue weighted by Gasteiger charge is 2.24. The Hall–Kier alpha value is -1.05. The minimum atomic E-state index is -0.406. The van der Waals surface area contributed by atoms with Crippen LogP contribution in [-0.2, 0) is 9.53 Å². The standard InChI is InChI=1S/C19H34O2/c1-10-12-16(15(4)18(5,6)7)13-14(3)17(20)21-19(8,9)11-2/h12-13,15H,10-11H2,1-9H3/b14-13+,16-12+. The average Bonchev–Trinajstić information content (AvgIpc) is 2.35. The zero-order valence-electron chi connectivity index (χ0n) is 15.5. The summed E-state index contributed by atoms with van der Waals surface area (Å²) in [5.74, 6) is 0.171. The third-order valence-electron chi connectivity index (χ3n) is 4.16. The van der Waals surface area contributed by atoms with Crippen molar-refractivity contribution in [3.05, 3.63) is 23.3 Å². The number of carbonyl (C=O) groups is 1. The molecule has 0 aliphatic rings. The predicted octanol–water partition coefficient (Wildman–Crippen LogP) is 5.68. The predicted molar refractivity (Wildman–Crippen MR) is 91.2 cm³/mol. The first-order valence-corrected chi connectivity index (χ1v) is 8.06. The SMILES string of the molecule is CC/C=C(\C=C(/C)C(=O)OC(C)(C)CC)C(C)C(C)(C)C. The first-order valence-electron chi connectivity index (χ1n) is 8.06. The van der Waals surface area contributed by atoms with Crippen LogP contribution in [0.1, 0.15) is 75.2 Å². The van der Waals surface area contributed by atoms with E-state index in [2.05, 4.69) is 40.7 Å². The molecule has 0 heterocycles. The fourth-order valence-electron chi connectivity index (χ4n) is 1.81. The maximum atomic E-state index is 12.2. The van der Waals surface area contributed by atoms with Crippen LogP contribution < -0.4 is 0 Å². The van der Waals surface area contributed by atoms with Gasteiger partial charge in [0, 0.05) is 5.57 Å². The summed E-state index contributed by atoms with van der Waals surface area (Å²) in [5, 5.41) is 0. The number of hydrogen-bond donors (Lipinski definition) is 0. The molecule has 2 heteroatoms. The van der Waals surface area contributed by atoms with E-state index in [-0.39, 0.29) is 11.4 Å². The highest BCUT2D eigenvalue weighted by atomic mass is 16.6. The van der Waals surface area contributed by atoms with E-state index in [1.54, 1.807) is 0 Å². The monoisotopic (exact) mass is 294 g/mol. The van der Waals surface area contributed by atoms with Gasteiger partial charge in [-0.05, 0) is 56.6 Å². The zero-order valence-corrected chi connectivity index (χ0v) is 15.5. The van der Waals surface area contributed by atoms with Crippen molar-refractivity contribution in [1.82, 2.24) is 0 Å². The third-order valence-corrected chi connectivity index (χ3v) is 4.16. The Labute approximate surface area is 131 Å². The summed E-state index contributed by atoms with van der Waals surface area (Å²) in [6.07, 6.45) is 5.97. The molecule has 0 aromatic carbocycles. The van der Waals surface area contributed by atoms with Crippen molar-refractivity contribution in [3.63, 3.8) is 0 Å². The molecule has 1 atom stereocenters. The largest absolute Gasteiger partial charge is 0.456 e. The van der Waals surface area contributed by atoms with Crippen molar-refractivity contribution in [3.8, 4) is 0 Å². The van der Waals surface area contributed by atoms with E-state index < -0.39 is 5.60 Å². The van der Waals surface area contributed by atoms with Crippen LogP contribution in [0.25, 0.3) is 0 Å². The topological polar surface area (TPSA) is 26.3 Å². The molecule has 0 spiro atoms. The van der Waals surface area contributed by atoms with E-state index in [9.17, 15) is 4.79 Å². The van der Waals surface area contributed by atoms with Gasteiger partial charge in [0.25, 0.3) is 0 Å². The number of esters is 1. The summed E-state index contributed by atoms with van der Waals surface area (Å²) < 4.78 is 5.56. The summed E-state index contributed by atoms with van der Waals surface area (Å²) in [7, 11) is 0. The fourth-order valence-corrected chi connectivity index (χ4v) is 1.81. The molecule has 2 nitrogen and oxygen atoms in total. The van der Waals surface area contributed by atoms with Gasteiger partial charge in [-0.1, -0.05) is 47.6 Å². The quantitative estimate of drug-likeness (QED) is 0.358. The molecule has 0 saturated heterocycles. The lowest BCUT2D eigenvalue weighted by Crippen LogP contribution is -2.27. The smallest absolute Gasteiger partial charge is 0.334 e. The molecule has 0 aromatic heterocycles. The van der Waals surface area contributed by atoms with Gasteiger partial charge in [-0.3, -0.25) is 0 Å². The van der Waals surface area contributed by atoms with Gasteiger partial charge < -0.3 is 4.74 Å². The van der Waals surface area contributed by atoms with Crippen molar-refractivity contribution in [2.45, 2.75) is 80.8 Å². The normalized spacial score (nSPS) is 15.9. The minimum absolute atomic E-state index is 0.171. The molecule has 21 heavy (non-hydrogen) atoms. The molecule has 0 saturated carbocycles. The van der Waals surface area contributed by atoms with Crippen molar-refractivity contribution >= 4 is 5.97 Å². The van der Waals surface area contributed by atoms with Crippen LogP contribution in [0.3, 0.4) is 0 Å². The molecule has 0 aliphatic carbocycles. The van der Waals surface area contributed by atoms with Gasteiger partial charge in [0.15, 0.2) is 0 Å². The Morgan fingerprint density at radius 2 is 1.67 bits per heavy atom. The molecule has 0 radical (unpaired) electrons. The summed E-state index contributed by atoms with van der Waals surface area (Å²) in [4.78, 5) is 12.2. The second-order valence-electron chi connectivity index (χ2n) is 7.53. The van der Waals surface area contributed by atoms with E-state index in [1.807, 2.05) is 33.8 Å². The van der Waals surface area contributed by atoms with Crippen molar-refractivity contribution < 1.29 is 9.53 Å². The second kappa shape index (κ2) is 7.82. The van der Waals surface area contributed by atoms with Gasteiger partial charge in [-0.2, -0.15) is 0 Å². The lowest BCUT2D eigenvalue weighted by atomic mass is 9.76. The van der Waals surface area contributed by atoms with E-state index >= 15 is 0 Å². The zero-order chi connectivity index (χ0) is 16.8. The summed E-state index contributed by atoms with van der Waals surface area (Å²) in [6, 6.07) is 0. The number of rotatable bonds is 6. The number of hydrogen-bond acceptors (Lipinski definition) is 2. The van der Waals surface area contributed by atoms with Gasteiger partial charge in [0.05, 0.1) is 0 Å². The van der Waals surface area contributed by atoms with Crippen LogP contribution in [0.4, 0.5) is 0 Å². The number of ether oxygens (including phenoxy) is 1. The molecule has 0 aliphatic heterocycles. The first kappa shape index (κ1) is 19.9. The van der Waals surface area contributed by atoms with Gasteiger partial charge in [0.2, 0.25) is 0 Å². The Bertz CT molecular complexity index is 406. The molecule has 0 fully saturated rings. The number of allylic oxidation sites excluding steroid dienone is 3. The van der Waals surface area contributed by atoms with Crippen LogP contribution >= 0.6 is 0 Å². The highest BCUT2D eigenvalue weighted by molar-refractivity contribution is 5.88. The average molecular weight is 294 g/mol. The molecular formula is C19H34O2. The van der Waals surface area contributed by atoms with Gasteiger partial charge >= 0.3 is 5.97 Å². The third kappa shape index (κ3) is 6.97. The van der Waals surface area contributed by atoms with Crippen LogP contribution in [0, 0.1) is 11.3 Å². The maximum Gasteiger partial charge on any atom is 0.334 e. The highest BCUT2D eigenvalue weighted by Crippen LogP contribution is 2.33. The number of carbonyl (C=O) groups excluding carboxylic acids is 1. The molecule has 0 N–H and O–H groups in total. The van der Waals surface area contributed by atoms with Crippen LogP contribution in [0.15, 0.2) is 23.3 Å². The molecule has 0 rings (SSSR count). The van der Waals surface area contributed by atoms with Gasteiger partial charge in [0.1, 0.15) is 5.60 Å². The van der Waals surface area contributed by atoms with Crippen molar-refractivity contribution in [1.29, 1.82) is 0 Å². The molecular weight excluding hydrogens is 260 g/mol. The van der Waals surface area contributed by atoms with E-state index in [1.165, 1.54) is 5.57 Å². The lowest BCUT2D eigenvalue weighted by Gasteiger charge is -2.29. The molecule has 0 aromatic rings. The van der Waals surface area contributed by atoms with E-state index in [0.717, 1.165) is 12.8 Å². The summed E-state index contributed by atoms with van der Waals surface area (Å²) in [5.41, 5.74) is 1.65. The van der Waals surface area contributed by atoms with Crippen LogP contribution in [-0.4, -0.2) is 11.6 Å². The molecule has 1 unspecified atom stereocenters. The van der Waals surface area contributed by atoms with E-state index in [0.29, 0.717) is 11.5 Å². The second-order valence-corrected chi connectivity index (χ2v) is 7.53. The molecule has 122 valence electrons. The van der Waals surface area contributed by atoms with Crippen molar-refractivity contribution in [2.24, 2.45) is 11.3 Å². The summed E-state index contributed by atoms with van der Waals surface area (Å²) in [6.45, 7) is 18.8. The first-order chi connectivity index (χ1) is 9.44. The summed E-state index contributed by atoms with van der Waals surface area (Å²) >= 11 is 0. The van der Waals surface area contributed by atoms with Crippen LogP contribution in [0.2, 0.25) is 0 Å². The Balaban J connectivity index is 5.23. The molecule has 0 amide bonds. The molecule has 0 bridgehead atoms.